The minimum atomic E-state index is -0.772. The van der Waals surface area contributed by atoms with Gasteiger partial charge in [0.15, 0.2) is 6.29 Å². The molecule has 240 valence electrons. The molecule has 2 aromatic carbocycles. The Morgan fingerprint density at radius 1 is 0.818 bits per heavy atom. The first-order valence-electron chi connectivity index (χ1n) is 16.6. The Morgan fingerprint density at radius 2 is 1.52 bits per heavy atom. The van der Waals surface area contributed by atoms with Crippen molar-refractivity contribution in [3.8, 4) is 0 Å². The van der Waals surface area contributed by atoms with Crippen LogP contribution >= 0.6 is 0 Å². The van der Waals surface area contributed by atoms with E-state index >= 15 is 0 Å². The number of likely N-dealkylation sites (tertiary alicyclic amines) is 2. The Labute approximate surface area is 261 Å². The van der Waals surface area contributed by atoms with Crippen LogP contribution in [0.3, 0.4) is 0 Å². The van der Waals surface area contributed by atoms with E-state index in [4.69, 9.17) is 14.6 Å². The zero-order valence-corrected chi connectivity index (χ0v) is 25.9. The number of amides is 1. The van der Waals surface area contributed by atoms with E-state index in [0.29, 0.717) is 18.9 Å². The molecule has 4 atom stereocenters. The lowest BCUT2D eigenvalue weighted by molar-refractivity contribution is -0.253. The molecular formula is C35H49N3O6. The normalized spacial score (nSPS) is 24.5. The fourth-order valence-corrected chi connectivity index (χ4v) is 6.76. The third-order valence-corrected chi connectivity index (χ3v) is 9.23. The lowest BCUT2D eigenvalue weighted by Crippen LogP contribution is -2.45. The Hall–Kier alpha value is -2.82. The maximum atomic E-state index is 12.5. The summed E-state index contributed by atoms with van der Waals surface area (Å²) in [5.41, 5.74) is 3.61. The van der Waals surface area contributed by atoms with Gasteiger partial charge in [0.1, 0.15) is 0 Å². The van der Waals surface area contributed by atoms with Crippen molar-refractivity contribution < 1.29 is 29.3 Å². The molecule has 0 aliphatic carbocycles. The van der Waals surface area contributed by atoms with Crippen molar-refractivity contribution in [2.75, 3.05) is 38.0 Å². The number of nitrogens with one attached hydrogen (secondary N) is 1. The molecule has 0 bridgehead atoms. The predicted molar refractivity (Wildman–Crippen MR) is 169 cm³/mol. The fourth-order valence-electron chi connectivity index (χ4n) is 6.76. The van der Waals surface area contributed by atoms with Crippen molar-refractivity contribution in [1.29, 1.82) is 0 Å². The topological polar surface area (TPSA) is 112 Å². The lowest BCUT2D eigenvalue weighted by Gasteiger charge is -2.39. The summed E-state index contributed by atoms with van der Waals surface area (Å²) in [6.45, 7) is 5.60. The highest BCUT2D eigenvalue weighted by Gasteiger charge is 2.36. The highest BCUT2D eigenvalue weighted by Crippen LogP contribution is 2.39. The number of ether oxygens (including phenoxy) is 2. The van der Waals surface area contributed by atoms with E-state index in [1.807, 2.05) is 48.5 Å². The number of carboxylic acid groups (broad SMARTS) is 1. The zero-order valence-electron chi connectivity index (χ0n) is 25.9. The number of benzene rings is 2. The van der Waals surface area contributed by atoms with Crippen molar-refractivity contribution in [2.45, 2.75) is 102 Å². The van der Waals surface area contributed by atoms with E-state index in [9.17, 15) is 14.7 Å². The van der Waals surface area contributed by atoms with Crippen LogP contribution in [0, 0.1) is 0 Å². The lowest BCUT2D eigenvalue weighted by atomic mass is 9.99. The van der Waals surface area contributed by atoms with E-state index in [0.717, 1.165) is 67.7 Å². The number of hydrogen-bond acceptors (Lipinski definition) is 7. The first-order chi connectivity index (χ1) is 21.5. The van der Waals surface area contributed by atoms with Crippen LogP contribution in [0.25, 0.3) is 0 Å². The number of aliphatic carboxylic acids is 1. The van der Waals surface area contributed by atoms with Gasteiger partial charge in [-0.3, -0.25) is 14.5 Å². The Balaban J connectivity index is 1.19. The van der Waals surface area contributed by atoms with Gasteiger partial charge in [-0.05, 0) is 81.4 Å². The second-order valence-electron chi connectivity index (χ2n) is 12.6. The smallest absolute Gasteiger partial charge is 0.303 e. The molecule has 9 nitrogen and oxygen atoms in total. The molecule has 3 heterocycles. The Morgan fingerprint density at radius 3 is 2.23 bits per heavy atom. The molecular weight excluding hydrogens is 558 g/mol. The highest BCUT2D eigenvalue weighted by atomic mass is 16.7. The van der Waals surface area contributed by atoms with Crippen LogP contribution in [-0.4, -0.2) is 76.8 Å². The van der Waals surface area contributed by atoms with Gasteiger partial charge in [0.05, 0.1) is 18.8 Å². The van der Waals surface area contributed by atoms with Gasteiger partial charge in [0.2, 0.25) is 5.91 Å². The summed E-state index contributed by atoms with van der Waals surface area (Å²) in [5, 5.41) is 21.2. The fraction of sp³-hybridized carbons (Fsp3) is 0.600. The Bertz CT molecular complexity index is 1180. The van der Waals surface area contributed by atoms with E-state index in [2.05, 4.69) is 15.1 Å². The van der Waals surface area contributed by atoms with Crippen molar-refractivity contribution in [3.05, 3.63) is 65.2 Å². The van der Waals surface area contributed by atoms with Crippen LogP contribution in [0.5, 0.6) is 0 Å². The number of aliphatic hydroxyl groups is 1. The van der Waals surface area contributed by atoms with E-state index < -0.39 is 12.3 Å². The molecule has 3 saturated heterocycles. The van der Waals surface area contributed by atoms with Gasteiger partial charge in [0.25, 0.3) is 0 Å². The van der Waals surface area contributed by atoms with Crippen molar-refractivity contribution in [3.63, 3.8) is 0 Å². The van der Waals surface area contributed by atoms with Gasteiger partial charge in [-0.25, -0.2) is 0 Å². The standard InChI is InChI=1S/C35H49N3O6/c39-25-26-11-13-27(14-12-26)32-22-31(24-38-21-7-8-30(38)23-37-19-5-6-20-37)43-35(44-32)28-15-17-29(18-16-28)36-33(40)9-3-1-2-4-10-34(41)42/h11-18,30-32,35,39H,1-10,19-25H2,(H,36,40)(H,41,42). The quantitative estimate of drug-likeness (QED) is 0.223. The summed E-state index contributed by atoms with van der Waals surface area (Å²) in [4.78, 5) is 28.3. The summed E-state index contributed by atoms with van der Waals surface area (Å²) in [6.07, 6.45) is 8.89. The second kappa shape index (κ2) is 16.5. The van der Waals surface area contributed by atoms with Gasteiger partial charge < -0.3 is 29.9 Å². The van der Waals surface area contributed by atoms with Gasteiger partial charge in [-0.1, -0.05) is 49.2 Å². The van der Waals surface area contributed by atoms with Crippen LogP contribution in [0.15, 0.2) is 48.5 Å². The van der Waals surface area contributed by atoms with Gasteiger partial charge >= 0.3 is 5.97 Å². The van der Waals surface area contributed by atoms with Gasteiger partial charge in [-0.15, -0.1) is 0 Å². The molecule has 0 spiro atoms. The number of aliphatic hydroxyl groups excluding tert-OH is 1. The first-order valence-corrected chi connectivity index (χ1v) is 16.6. The molecule has 5 rings (SSSR count). The molecule has 9 heteroatoms. The van der Waals surface area contributed by atoms with Crippen LogP contribution in [0.2, 0.25) is 0 Å². The molecule has 3 fully saturated rings. The van der Waals surface area contributed by atoms with E-state index in [-0.39, 0.29) is 31.1 Å². The molecule has 1 amide bonds. The third-order valence-electron chi connectivity index (χ3n) is 9.23. The average Bonchev–Trinajstić information content (AvgIpc) is 3.71. The van der Waals surface area contributed by atoms with Crippen molar-refractivity contribution >= 4 is 17.6 Å². The summed E-state index contributed by atoms with van der Waals surface area (Å²) >= 11 is 0. The maximum Gasteiger partial charge on any atom is 0.303 e. The second-order valence-corrected chi connectivity index (χ2v) is 12.6. The molecule has 4 unspecified atom stereocenters. The molecule has 2 aromatic rings. The third kappa shape index (κ3) is 9.59. The monoisotopic (exact) mass is 607 g/mol. The largest absolute Gasteiger partial charge is 0.481 e. The van der Waals surface area contributed by atoms with Crippen molar-refractivity contribution in [1.82, 2.24) is 9.80 Å². The zero-order chi connectivity index (χ0) is 30.7. The molecule has 3 aliphatic rings. The minimum absolute atomic E-state index is 0.0171. The summed E-state index contributed by atoms with van der Waals surface area (Å²) in [5.74, 6) is -0.812. The van der Waals surface area contributed by atoms with E-state index in [1.165, 1.54) is 38.8 Å². The number of carbonyl (C=O) groups excluding carboxylic acids is 1. The molecule has 44 heavy (non-hydrogen) atoms. The summed E-state index contributed by atoms with van der Waals surface area (Å²) in [7, 11) is 0. The SMILES string of the molecule is O=C(O)CCCCCCC(=O)Nc1ccc(C2OC(CN3CCCC3CN3CCCC3)CC(c3ccc(CO)cc3)O2)cc1. The summed E-state index contributed by atoms with van der Waals surface area (Å²) < 4.78 is 13.2. The average molecular weight is 608 g/mol. The highest BCUT2D eigenvalue weighted by molar-refractivity contribution is 5.90. The molecule has 0 aromatic heterocycles. The minimum Gasteiger partial charge on any atom is -0.481 e. The number of hydrogen-bond donors (Lipinski definition) is 3. The van der Waals surface area contributed by atoms with Crippen molar-refractivity contribution in [2.24, 2.45) is 0 Å². The molecule has 0 saturated carbocycles. The van der Waals surface area contributed by atoms with Crippen LogP contribution in [-0.2, 0) is 25.7 Å². The Kier molecular flexibility index (Phi) is 12.2. The maximum absolute atomic E-state index is 12.5. The summed E-state index contributed by atoms with van der Waals surface area (Å²) in [6, 6.07) is 16.3. The number of anilines is 1. The van der Waals surface area contributed by atoms with Crippen LogP contribution in [0.4, 0.5) is 5.69 Å². The number of carboxylic acids is 1. The molecule has 0 radical (unpaired) electrons. The number of rotatable bonds is 15. The number of unbranched alkanes of at least 4 members (excludes halogenated alkanes) is 3. The molecule has 3 N–H and O–H groups in total. The van der Waals surface area contributed by atoms with Crippen LogP contribution < -0.4 is 5.32 Å². The van der Waals surface area contributed by atoms with Gasteiger partial charge in [-0.2, -0.15) is 0 Å². The number of carbonyl (C=O) groups is 2. The predicted octanol–water partition coefficient (Wildman–Crippen LogP) is 5.65. The van der Waals surface area contributed by atoms with Gasteiger partial charge in [0, 0.05) is 49.6 Å². The first kappa shape index (κ1) is 32.6. The number of nitrogens with zero attached hydrogens (tertiary/aromatic N) is 2. The van der Waals surface area contributed by atoms with E-state index in [1.54, 1.807) is 0 Å². The van der Waals surface area contributed by atoms with Crippen LogP contribution in [0.1, 0.15) is 99.7 Å². The molecule has 3 aliphatic heterocycles.